The number of carbonyl (C=O) groups is 1. The Morgan fingerprint density at radius 2 is 2.03 bits per heavy atom. The van der Waals surface area contributed by atoms with Crippen LogP contribution >= 0.6 is 11.8 Å². The Balaban J connectivity index is 1.57. The van der Waals surface area contributed by atoms with Crippen LogP contribution in [0.2, 0.25) is 0 Å². The number of carbonyl (C=O) groups excluding carboxylic acids is 1. The maximum absolute atomic E-state index is 14.5. The van der Waals surface area contributed by atoms with Crippen molar-refractivity contribution in [3.63, 3.8) is 0 Å². The number of nitrogens with zero attached hydrogens (tertiary/aromatic N) is 2. The van der Waals surface area contributed by atoms with Gasteiger partial charge in [-0.1, -0.05) is 0 Å². The van der Waals surface area contributed by atoms with Crippen LogP contribution in [0.25, 0.3) is 11.3 Å². The van der Waals surface area contributed by atoms with Gasteiger partial charge in [-0.05, 0) is 0 Å². The van der Waals surface area contributed by atoms with Crippen molar-refractivity contribution in [3.8, 4) is 11.3 Å². The van der Waals surface area contributed by atoms with Gasteiger partial charge in [0.05, 0.1) is 0 Å². The Hall–Kier alpha value is -2.41. The zero-order valence-electron chi connectivity index (χ0n) is 18.8. The first-order chi connectivity index (χ1) is 15.8. The molecule has 1 aromatic heterocycles. The van der Waals surface area contributed by atoms with E-state index in [-0.39, 0.29) is 11.9 Å². The first kappa shape index (κ1) is 23.7. The number of hydrogen-bond acceptors (Lipinski definition) is 4. The molecule has 174 valence electrons. The van der Waals surface area contributed by atoms with Crippen molar-refractivity contribution in [2.45, 2.75) is 48.9 Å². The van der Waals surface area contributed by atoms with Gasteiger partial charge in [0, 0.05) is 6.92 Å². The molecule has 2 N–H and O–H groups in total. The van der Waals surface area contributed by atoms with Crippen molar-refractivity contribution in [2.24, 2.45) is 0 Å². The Morgan fingerprint density at radius 3 is 2.76 bits per heavy atom. The summed E-state index contributed by atoms with van der Waals surface area (Å²) in [5, 5.41) is 10.5. The molecule has 4 rings (SSSR count). The number of aromatic nitrogens is 2. The molecule has 0 radical (unpaired) electrons. The number of benzene rings is 2. The van der Waals surface area contributed by atoms with E-state index < -0.39 is 4.67 Å². The molecule has 0 bridgehead atoms. The van der Waals surface area contributed by atoms with Crippen LogP contribution in [0, 0.1) is 0 Å². The van der Waals surface area contributed by atoms with E-state index in [1.807, 2.05) is 36.4 Å². The summed E-state index contributed by atoms with van der Waals surface area (Å²) in [6.07, 6.45) is 0.886. The Bertz CT molecular complexity index is 1180. The fourth-order valence-electron chi connectivity index (χ4n) is 4.09. The van der Waals surface area contributed by atoms with Crippen LogP contribution in [0.1, 0.15) is 44.2 Å². The number of halogens is 1. The summed E-state index contributed by atoms with van der Waals surface area (Å²) in [4.78, 5) is 15.4. The third-order valence-corrected chi connectivity index (χ3v) is 7.20. The van der Waals surface area contributed by atoms with E-state index in [2.05, 4.69) is 62.0 Å². The van der Waals surface area contributed by atoms with Crippen molar-refractivity contribution in [1.82, 2.24) is 15.5 Å². The van der Waals surface area contributed by atoms with Crippen LogP contribution in [-0.4, -0.2) is 39.9 Å². The van der Waals surface area contributed by atoms with Crippen molar-refractivity contribution < 1.29 is 24.8 Å². The fourth-order valence-corrected chi connectivity index (χ4v) is 5.61. The summed E-state index contributed by atoms with van der Waals surface area (Å²) in [7, 11) is 0. The Kier molecular flexibility index (Phi) is 7.37. The molecule has 1 saturated heterocycles. The summed E-state index contributed by atoms with van der Waals surface area (Å²) >= 11 is 5.13. The molecular weight excluding hydrogens is 479 g/mol. The van der Waals surface area contributed by atoms with Crippen LogP contribution in [-0.2, 0) is 20.4 Å². The fraction of sp³-hybridized carbons (Fsp3) is 0.320. The summed E-state index contributed by atoms with van der Waals surface area (Å²) in [5.41, 5.74) is 3.39. The van der Waals surface area contributed by atoms with E-state index in [0.717, 1.165) is 46.4 Å². The van der Waals surface area contributed by atoms with Crippen LogP contribution in [0.5, 0.6) is 0 Å². The quantitative estimate of drug-likeness (QED) is 0.440. The number of H-pyrrole nitrogens is 1. The van der Waals surface area contributed by atoms with Crippen LogP contribution in [0.15, 0.2) is 58.3 Å². The third kappa shape index (κ3) is 5.57. The van der Waals surface area contributed by atoms with Gasteiger partial charge in [-0.15, -0.1) is 0 Å². The second kappa shape index (κ2) is 10.2. The summed E-state index contributed by atoms with van der Waals surface area (Å²) in [6.45, 7) is 7.40. The van der Waals surface area contributed by atoms with Crippen LogP contribution in [0.3, 0.4) is 0 Å². The maximum atomic E-state index is 14.5. The van der Waals surface area contributed by atoms with Gasteiger partial charge in [-0.25, -0.2) is 0 Å². The molecule has 1 unspecified atom stereocenters. The number of rotatable bonds is 7. The molecule has 0 aliphatic carbocycles. The van der Waals surface area contributed by atoms with Crippen molar-refractivity contribution in [2.75, 3.05) is 18.0 Å². The number of anilines is 1. The molecule has 1 atom stereocenters. The predicted molar refractivity (Wildman–Crippen MR) is 128 cm³/mol. The monoisotopic (exact) mass is 506 g/mol. The van der Waals surface area contributed by atoms with Crippen LogP contribution in [0.4, 0.5) is 10.2 Å². The summed E-state index contributed by atoms with van der Waals surface area (Å²) in [5.74, 6) is 1.18. The van der Waals surface area contributed by atoms with Crippen LogP contribution < -0.4 is 10.2 Å². The molecule has 1 amide bonds. The average molecular weight is 506 g/mol. The summed E-state index contributed by atoms with van der Waals surface area (Å²) < 4.78 is 14.0. The minimum atomic E-state index is -0.459. The molecular formula is C25H27FFeN4OS. The zero-order chi connectivity index (χ0) is 23.5. The normalized spacial score (nSPS) is 15.8. The van der Waals surface area contributed by atoms with Gasteiger partial charge >= 0.3 is 195 Å². The van der Waals surface area contributed by atoms with E-state index in [1.54, 1.807) is 11.8 Å². The molecule has 1 aliphatic heterocycles. The molecule has 1 fully saturated rings. The number of aromatic amines is 1. The number of nitrogens with one attached hydrogen (secondary N) is 2. The molecule has 5 nitrogen and oxygen atoms in total. The molecule has 3 aromatic rings. The van der Waals surface area contributed by atoms with Crippen molar-refractivity contribution >= 4 is 28.2 Å². The second-order valence-corrected chi connectivity index (χ2v) is 10.1. The van der Waals surface area contributed by atoms with E-state index >= 15 is 0 Å². The Morgan fingerprint density at radius 1 is 1.24 bits per heavy atom. The van der Waals surface area contributed by atoms with Gasteiger partial charge in [0.1, 0.15) is 0 Å². The predicted octanol–water partition coefficient (Wildman–Crippen LogP) is 5.06. The van der Waals surface area contributed by atoms with Gasteiger partial charge in [0.25, 0.3) is 0 Å². The molecule has 0 spiro atoms. The average Bonchev–Trinajstić information content (AvgIpc) is 3.43. The van der Waals surface area contributed by atoms with E-state index in [0.29, 0.717) is 11.5 Å². The molecule has 1 aliphatic rings. The second-order valence-electron chi connectivity index (χ2n) is 8.53. The SMILES string of the molecule is CC(=O)NC1CCN(c2cc(-c3ccc(Sc4ccccc4C(C)C)c([C](F)=[Fe])c3)[nH]n2)C1. The molecule has 33 heavy (non-hydrogen) atoms. The third-order valence-electron chi connectivity index (χ3n) is 5.73. The van der Waals surface area contributed by atoms with Gasteiger partial charge in [-0.3, -0.25) is 4.79 Å². The van der Waals surface area contributed by atoms with E-state index in [1.165, 1.54) is 12.5 Å². The number of amides is 1. The zero-order valence-corrected chi connectivity index (χ0v) is 20.8. The van der Waals surface area contributed by atoms with E-state index in [4.69, 9.17) is 0 Å². The molecule has 2 aromatic carbocycles. The van der Waals surface area contributed by atoms with Gasteiger partial charge < -0.3 is 0 Å². The Labute approximate surface area is 205 Å². The van der Waals surface area contributed by atoms with Crippen molar-refractivity contribution in [3.05, 3.63) is 59.7 Å². The van der Waals surface area contributed by atoms with E-state index in [9.17, 15) is 9.18 Å². The standard InChI is InChI=1S/C25H27FN4OS.Fe/c1-16(2)21-6-4-5-7-24(21)32-23-9-8-18(12-19(23)14-26)22-13-25(29-28-22)30-11-10-20(15-30)27-17(3)31;/h4-9,12-13,16,20H,10-11,15H2,1-3H3,(H,27,31)(H,28,29);. The van der Waals surface area contributed by atoms with Gasteiger partial charge in [0.2, 0.25) is 0 Å². The van der Waals surface area contributed by atoms with Crippen molar-refractivity contribution in [1.29, 1.82) is 0 Å². The first-order valence-electron chi connectivity index (χ1n) is 11.0. The minimum absolute atomic E-state index is 0.0162. The molecule has 2 heterocycles. The molecule has 8 heteroatoms. The summed E-state index contributed by atoms with van der Waals surface area (Å²) in [6, 6.07) is 16.1. The van der Waals surface area contributed by atoms with Gasteiger partial charge in [-0.2, -0.15) is 0 Å². The first-order valence-corrected chi connectivity index (χ1v) is 12.3. The van der Waals surface area contributed by atoms with Gasteiger partial charge in [0.15, 0.2) is 0 Å². The molecule has 0 saturated carbocycles. The topological polar surface area (TPSA) is 61.0 Å². The number of hydrogen-bond donors (Lipinski definition) is 2.